The highest BCUT2D eigenvalue weighted by molar-refractivity contribution is 5.92. The van der Waals surface area contributed by atoms with Gasteiger partial charge in [0, 0.05) is 23.8 Å². The third-order valence-corrected chi connectivity index (χ3v) is 11.9. The molecule has 0 heterocycles. The molecule has 0 radical (unpaired) electrons. The standard InChI is InChI=1S/C21H32O5.C7H13N/c1-19-7-5-13(23)9-12(19)3-4-14-15-6-8-21(26,17(25)11-22)20(15,2)10-16(24)18(14)19;8-7-4-5-1-2-6(7)3-5/h12-15,18,22-23,26H,3-11H2,1-2H3;5-7H,1-4,8H2/t12-,13-,14+,15+,18-,19+,20+,21+;5-,6+,7+/m11/s1. The van der Waals surface area contributed by atoms with Gasteiger partial charge in [-0.15, -0.1) is 0 Å². The maximum absolute atomic E-state index is 13.4. The molecule has 34 heavy (non-hydrogen) atoms. The van der Waals surface area contributed by atoms with Gasteiger partial charge in [0.05, 0.1) is 6.10 Å². The van der Waals surface area contributed by atoms with E-state index in [2.05, 4.69) is 6.92 Å². The van der Waals surface area contributed by atoms with E-state index < -0.39 is 23.4 Å². The van der Waals surface area contributed by atoms with Crippen LogP contribution in [-0.4, -0.2) is 51.2 Å². The molecule has 0 aromatic rings. The highest BCUT2D eigenvalue weighted by atomic mass is 16.3. The Labute approximate surface area is 204 Å². The zero-order valence-corrected chi connectivity index (χ0v) is 21.0. The number of carbonyl (C=O) groups excluding carboxylic acids is 2. The van der Waals surface area contributed by atoms with E-state index in [0.29, 0.717) is 18.4 Å². The molecule has 6 aliphatic rings. The van der Waals surface area contributed by atoms with Crippen molar-refractivity contribution < 1.29 is 24.9 Å². The Morgan fingerprint density at radius 2 is 1.79 bits per heavy atom. The Bertz CT molecular complexity index is 830. The van der Waals surface area contributed by atoms with Gasteiger partial charge in [0.1, 0.15) is 18.0 Å². The van der Waals surface area contributed by atoms with Crippen LogP contribution in [0, 0.1) is 46.3 Å². The lowest BCUT2D eigenvalue weighted by Gasteiger charge is -2.60. The zero-order valence-electron chi connectivity index (χ0n) is 21.0. The molecule has 6 rings (SSSR count). The number of hydrogen-bond acceptors (Lipinski definition) is 6. The van der Waals surface area contributed by atoms with Crippen LogP contribution in [-0.2, 0) is 9.59 Å². The minimum atomic E-state index is -1.58. The highest BCUT2D eigenvalue weighted by Crippen LogP contribution is 2.67. The van der Waals surface area contributed by atoms with Gasteiger partial charge >= 0.3 is 0 Å². The number of carbonyl (C=O) groups is 2. The minimum Gasteiger partial charge on any atom is -0.393 e. The Hall–Kier alpha value is -0.820. The van der Waals surface area contributed by atoms with Gasteiger partial charge in [0.25, 0.3) is 0 Å². The normalized spacial score (nSPS) is 53.4. The summed E-state index contributed by atoms with van der Waals surface area (Å²) in [5.41, 5.74) is 3.42. The summed E-state index contributed by atoms with van der Waals surface area (Å²) in [7, 11) is 0. The van der Waals surface area contributed by atoms with Crippen molar-refractivity contribution >= 4 is 11.6 Å². The zero-order chi connectivity index (χ0) is 24.5. The van der Waals surface area contributed by atoms with E-state index in [1.165, 1.54) is 25.7 Å². The Morgan fingerprint density at radius 3 is 2.38 bits per heavy atom. The highest BCUT2D eigenvalue weighted by Gasteiger charge is 2.68. The second-order valence-corrected chi connectivity index (χ2v) is 13.3. The fraction of sp³-hybridized carbons (Fsp3) is 0.929. The topological polar surface area (TPSA) is 121 Å². The molecule has 0 aromatic heterocycles. The molecule has 0 aromatic carbocycles. The van der Waals surface area contributed by atoms with Crippen LogP contribution in [0.15, 0.2) is 0 Å². The van der Waals surface area contributed by atoms with E-state index in [0.717, 1.165) is 50.4 Å². The molecular weight excluding hydrogens is 430 g/mol. The number of hydrogen-bond donors (Lipinski definition) is 4. The smallest absolute Gasteiger partial charge is 0.190 e. The lowest BCUT2D eigenvalue weighted by atomic mass is 9.44. The van der Waals surface area contributed by atoms with E-state index in [4.69, 9.17) is 5.73 Å². The number of nitrogens with two attached hydrogens (primary N) is 1. The number of fused-ring (bicyclic) bond motifs is 7. The molecule has 192 valence electrons. The quantitative estimate of drug-likeness (QED) is 0.487. The summed E-state index contributed by atoms with van der Waals surface area (Å²) < 4.78 is 0. The average molecular weight is 476 g/mol. The monoisotopic (exact) mass is 475 g/mol. The summed E-state index contributed by atoms with van der Waals surface area (Å²) in [6, 6.07) is 0.578. The first-order valence-corrected chi connectivity index (χ1v) is 13.9. The number of ketones is 2. The van der Waals surface area contributed by atoms with Crippen LogP contribution in [0.1, 0.15) is 90.9 Å². The maximum atomic E-state index is 13.4. The fourth-order valence-electron chi connectivity index (χ4n) is 9.94. The van der Waals surface area contributed by atoms with Crippen LogP contribution in [0.4, 0.5) is 0 Å². The molecular formula is C28H45NO5. The molecule has 5 N–H and O–H groups in total. The number of Topliss-reactive ketones (excluding diaryl/α,β-unsaturated/α-hetero) is 2. The number of aliphatic hydroxyl groups excluding tert-OH is 2. The molecule has 2 bridgehead atoms. The third kappa shape index (κ3) is 3.57. The molecule has 0 amide bonds. The summed E-state index contributed by atoms with van der Waals surface area (Å²) >= 11 is 0. The van der Waals surface area contributed by atoms with Gasteiger partial charge in [-0.3, -0.25) is 9.59 Å². The molecule has 6 nitrogen and oxygen atoms in total. The summed E-state index contributed by atoms with van der Waals surface area (Å²) in [5.74, 6) is 2.32. The lowest BCUT2D eigenvalue weighted by molar-refractivity contribution is -0.180. The van der Waals surface area contributed by atoms with Gasteiger partial charge in [-0.2, -0.15) is 0 Å². The van der Waals surface area contributed by atoms with Crippen LogP contribution < -0.4 is 5.73 Å². The summed E-state index contributed by atoms with van der Waals surface area (Å²) in [5, 5.41) is 30.6. The molecule has 0 spiro atoms. The van der Waals surface area contributed by atoms with Crippen molar-refractivity contribution in [1.82, 2.24) is 0 Å². The number of rotatable bonds is 2. The first-order chi connectivity index (χ1) is 16.0. The van der Waals surface area contributed by atoms with Crippen LogP contribution in [0.2, 0.25) is 0 Å². The fourth-order valence-corrected chi connectivity index (χ4v) is 9.94. The van der Waals surface area contributed by atoms with Crippen molar-refractivity contribution in [3.8, 4) is 0 Å². The number of aliphatic hydroxyl groups is 3. The lowest BCUT2D eigenvalue weighted by Crippen LogP contribution is -2.62. The van der Waals surface area contributed by atoms with Crippen LogP contribution in [0.25, 0.3) is 0 Å². The third-order valence-electron chi connectivity index (χ3n) is 11.9. The van der Waals surface area contributed by atoms with Gasteiger partial charge < -0.3 is 21.1 Å². The second kappa shape index (κ2) is 8.64. The molecule has 0 unspecified atom stereocenters. The van der Waals surface area contributed by atoms with E-state index in [-0.39, 0.29) is 41.5 Å². The molecule has 6 heteroatoms. The molecule has 6 aliphatic carbocycles. The summed E-state index contributed by atoms with van der Waals surface area (Å²) in [4.78, 5) is 25.7. The van der Waals surface area contributed by atoms with Gasteiger partial charge in [-0.1, -0.05) is 20.3 Å². The molecule has 0 saturated heterocycles. The van der Waals surface area contributed by atoms with E-state index in [1.807, 2.05) is 6.92 Å². The Kier molecular flexibility index (Phi) is 6.32. The van der Waals surface area contributed by atoms with Gasteiger partial charge in [-0.05, 0) is 99.2 Å². The van der Waals surface area contributed by atoms with Gasteiger partial charge in [-0.25, -0.2) is 0 Å². The predicted octanol–water partition coefficient (Wildman–Crippen LogP) is 3.00. The van der Waals surface area contributed by atoms with E-state index in [1.54, 1.807) is 0 Å². The largest absolute Gasteiger partial charge is 0.393 e. The van der Waals surface area contributed by atoms with Crippen molar-refractivity contribution in [2.24, 2.45) is 52.1 Å². The predicted molar refractivity (Wildman–Crippen MR) is 129 cm³/mol. The van der Waals surface area contributed by atoms with Crippen molar-refractivity contribution in [2.45, 2.75) is 109 Å². The summed E-state index contributed by atoms with van der Waals surface area (Å²) in [6.45, 7) is 3.46. The van der Waals surface area contributed by atoms with Gasteiger partial charge in [0.15, 0.2) is 5.78 Å². The van der Waals surface area contributed by atoms with E-state index >= 15 is 0 Å². The second-order valence-electron chi connectivity index (χ2n) is 13.3. The van der Waals surface area contributed by atoms with Crippen LogP contribution in [0.5, 0.6) is 0 Å². The molecule has 6 saturated carbocycles. The SMILES string of the molecule is C[C@]12CC[C@@H](O)C[C@H]1CC[C@@H]1[C@@H]2C(=O)C[C@@]2(C)[C@H]1CC[C@]2(O)C(=O)CO.N[C@H]1C[C@@H]2CC[C@H]1C2. The van der Waals surface area contributed by atoms with E-state index in [9.17, 15) is 24.9 Å². The first-order valence-electron chi connectivity index (χ1n) is 13.9. The van der Waals surface area contributed by atoms with Crippen molar-refractivity contribution in [2.75, 3.05) is 6.61 Å². The van der Waals surface area contributed by atoms with Crippen molar-refractivity contribution in [3.05, 3.63) is 0 Å². The van der Waals surface area contributed by atoms with Crippen LogP contribution >= 0.6 is 0 Å². The van der Waals surface area contributed by atoms with Crippen molar-refractivity contribution in [3.63, 3.8) is 0 Å². The Balaban J connectivity index is 0.000000252. The molecule has 6 fully saturated rings. The first kappa shape index (κ1) is 24.9. The molecule has 0 aliphatic heterocycles. The van der Waals surface area contributed by atoms with Crippen molar-refractivity contribution in [1.29, 1.82) is 0 Å². The Morgan fingerprint density at radius 1 is 1.03 bits per heavy atom. The maximum Gasteiger partial charge on any atom is 0.190 e. The molecule has 11 atom stereocenters. The minimum absolute atomic E-state index is 0.0154. The summed E-state index contributed by atoms with van der Waals surface area (Å²) in [6.07, 6.45) is 11.1. The van der Waals surface area contributed by atoms with Crippen LogP contribution in [0.3, 0.4) is 0 Å². The average Bonchev–Trinajstić information content (AvgIpc) is 3.47. The van der Waals surface area contributed by atoms with Gasteiger partial charge in [0.2, 0.25) is 0 Å².